The van der Waals surface area contributed by atoms with E-state index in [1.54, 1.807) is 0 Å². The highest BCUT2D eigenvalue weighted by Gasteiger charge is 2.06. The first-order valence-corrected chi connectivity index (χ1v) is 5.05. The molecule has 0 unspecified atom stereocenters. The zero-order chi connectivity index (χ0) is 10.8. The molecule has 0 spiro atoms. The van der Waals surface area contributed by atoms with E-state index in [0.29, 0.717) is 12.3 Å². The highest BCUT2D eigenvalue weighted by molar-refractivity contribution is 5.88. The second-order valence-electron chi connectivity index (χ2n) is 3.84. The Morgan fingerprint density at radius 3 is 2.87 bits per heavy atom. The molecule has 1 aromatic heterocycles. The molecule has 0 saturated carbocycles. The van der Waals surface area contributed by atoms with Crippen LogP contribution in [-0.4, -0.2) is 6.10 Å². The van der Waals surface area contributed by atoms with Gasteiger partial charge in [-0.25, -0.2) is 0 Å². The first kappa shape index (κ1) is 10.1. The Balaban J connectivity index is 2.27. The van der Waals surface area contributed by atoms with Gasteiger partial charge in [-0.15, -0.1) is 0 Å². The number of nitrogen functional groups attached to an aromatic ring is 1. The Labute approximate surface area is 88.8 Å². The number of ether oxygens (including phenoxy) is 1. The smallest absolute Gasteiger partial charge is 0.157 e. The SMILES string of the molecule is CC(C)OCc1cc2cccc(N)c2o1. The van der Waals surface area contributed by atoms with E-state index in [2.05, 4.69) is 0 Å². The Morgan fingerprint density at radius 2 is 2.20 bits per heavy atom. The van der Waals surface area contributed by atoms with Crippen LogP contribution in [0.1, 0.15) is 19.6 Å². The van der Waals surface area contributed by atoms with Crippen molar-refractivity contribution in [1.82, 2.24) is 0 Å². The highest BCUT2D eigenvalue weighted by atomic mass is 16.5. The van der Waals surface area contributed by atoms with Crippen LogP contribution in [0.25, 0.3) is 11.0 Å². The summed E-state index contributed by atoms with van der Waals surface area (Å²) < 4.78 is 11.1. The zero-order valence-corrected chi connectivity index (χ0v) is 8.99. The number of nitrogens with two attached hydrogens (primary N) is 1. The maximum atomic E-state index is 5.79. The first-order valence-electron chi connectivity index (χ1n) is 5.05. The van der Waals surface area contributed by atoms with Crippen LogP contribution in [0.5, 0.6) is 0 Å². The molecular formula is C12H15NO2. The lowest BCUT2D eigenvalue weighted by atomic mass is 10.2. The molecule has 0 radical (unpaired) electrons. The van der Waals surface area contributed by atoms with E-state index in [-0.39, 0.29) is 6.10 Å². The third-order valence-electron chi connectivity index (χ3n) is 2.18. The normalized spacial score (nSPS) is 11.4. The van der Waals surface area contributed by atoms with Crippen LogP contribution in [0.15, 0.2) is 28.7 Å². The fraction of sp³-hybridized carbons (Fsp3) is 0.333. The summed E-state index contributed by atoms with van der Waals surface area (Å²) in [7, 11) is 0. The van der Waals surface area contributed by atoms with Gasteiger partial charge in [0.05, 0.1) is 11.8 Å². The number of rotatable bonds is 3. The Hall–Kier alpha value is -1.48. The van der Waals surface area contributed by atoms with Crippen molar-refractivity contribution < 1.29 is 9.15 Å². The van der Waals surface area contributed by atoms with Gasteiger partial charge in [-0.05, 0) is 26.0 Å². The lowest BCUT2D eigenvalue weighted by Gasteiger charge is -2.03. The molecule has 0 bridgehead atoms. The van der Waals surface area contributed by atoms with Crippen LogP contribution in [-0.2, 0) is 11.3 Å². The third-order valence-corrected chi connectivity index (χ3v) is 2.18. The summed E-state index contributed by atoms with van der Waals surface area (Å²) in [4.78, 5) is 0. The van der Waals surface area contributed by atoms with Gasteiger partial charge in [-0.3, -0.25) is 0 Å². The van der Waals surface area contributed by atoms with Crippen LogP contribution in [0.4, 0.5) is 5.69 Å². The lowest BCUT2D eigenvalue weighted by Crippen LogP contribution is -2.01. The van der Waals surface area contributed by atoms with Crippen molar-refractivity contribution in [3.05, 3.63) is 30.0 Å². The molecule has 1 aromatic carbocycles. The molecule has 15 heavy (non-hydrogen) atoms. The maximum Gasteiger partial charge on any atom is 0.157 e. The molecule has 0 saturated heterocycles. The maximum absolute atomic E-state index is 5.79. The van der Waals surface area contributed by atoms with Crippen LogP contribution >= 0.6 is 0 Å². The van der Waals surface area contributed by atoms with Gasteiger partial charge in [0.1, 0.15) is 12.4 Å². The summed E-state index contributed by atoms with van der Waals surface area (Å²) in [5.74, 6) is 0.816. The molecule has 3 heteroatoms. The van der Waals surface area contributed by atoms with Crippen LogP contribution in [0.3, 0.4) is 0 Å². The standard InChI is InChI=1S/C12H15NO2/c1-8(2)14-7-10-6-9-4-3-5-11(13)12(9)15-10/h3-6,8H,7,13H2,1-2H3. The van der Waals surface area contributed by atoms with Crippen molar-refractivity contribution >= 4 is 16.7 Å². The van der Waals surface area contributed by atoms with Gasteiger partial charge in [0, 0.05) is 5.39 Å². The molecule has 2 rings (SSSR count). The molecule has 1 heterocycles. The van der Waals surface area contributed by atoms with Crippen molar-refractivity contribution in [3.63, 3.8) is 0 Å². The van der Waals surface area contributed by atoms with Crippen molar-refractivity contribution in [2.45, 2.75) is 26.6 Å². The molecule has 2 aromatic rings. The monoisotopic (exact) mass is 205 g/mol. The van der Waals surface area contributed by atoms with Crippen LogP contribution in [0.2, 0.25) is 0 Å². The lowest BCUT2D eigenvalue weighted by molar-refractivity contribution is 0.0554. The Kier molecular flexibility index (Phi) is 2.64. The summed E-state index contributed by atoms with van der Waals surface area (Å²) in [6.45, 7) is 4.49. The van der Waals surface area contributed by atoms with Crippen molar-refractivity contribution in [2.75, 3.05) is 5.73 Å². The number of benzene rings is 1. The van der Waals surface area contributed by atoms with E-state index < -0.39 is 0 Å². The van der Waals surface area contributed by atoms with Gasteiger partial charge in [0.25, 0.3) is 0 Å². The summed E-state index contributed by atoms with van der Waals surface area (Å²) >= 11 is 0. The largest absolute Gasteiger partial charge is 0.456 e. The summed E-state index contributed by atoms with van der Waals surface area (Å²) in [5, 5.41) is 1.03. The minimum absolute atomic E-state index is 0.204. The molecular weight excluding hydrogens is 190 g/mol. The van der Waals surface area contributed by atoms with Gasteiger partial charge in [0.2, 0.25) is 0 Å². The predicted octanol–water partition coefficient (Wildman–Crippen LogP) is 2.94. The van der Waals surface area contributed by atoms with Crippen molar-refractivity contribution in [2.24, 2.45) is 0 Å². The van der Waals surface area contributed by atoms with Gasteiger partial charge in [-0.2, -0.15) is 0 Å². The number of hydrogen-bond donors (Lipinski definition) is 1. The molecule has 0 fully saturated rings. The van der Waals surface area contributed by atoms with E-state index in [4.69, 9.17) is 14.9 Å². The molecule has 3 nitrogen and oxygen atoms in total. The zero-order valence-electron chi connectivity index (χ0n) is 8.99. The van der Waals surface area contributed by atoms with Crippen LogP contribution in [0, 0.1) is 0 Å². The van der Waals surface area contributed by atoms with E-state index in [1.807, 2.05) is 38.1 Å². The molecule has 2 N–H and O–H groups in total. The topological polar surface area (TPSA) is 48.4 Å². The van der Waals surface area contributed by atoms with E-state index in [9.17, 15) is 0 Å². The highest BCUT2D eigenvalue weighted by Crippen LogP contribution is 2.25. The first-order chi connectivity index (χ1) is 7.16. The second kappa shape index (κ2) is 3.95. The number of furan rings is 1. The summed E-state index contributed by atoms with van der Waals surface area (Å²) in [6.07, 6.45) is 0.204. The average molecular weight is 205 g/mol. The van der Waals surface area contributed by atoms with Gasteiger partial charge in [0.15, 0.2) is 5.58 Å². The molecule has 0 aliphatic carbocycles. The van der Waals surface area contributed by atoms with E-state index in [1.165, 1.54) is 0 Å². The minimum Gasteiger partial charge on any atom is -0.456 e. The predicted molar refractivity (Wildman–Crippen MR) is 60.6 cm³/mol. The fourth-order valence-corrected chi connectivity index (χ4v) is 1.46. The van der Waals surface area contributed by atoms with E-state index >= 15 is 0 Å². The fourth-order valence-electron chi connectivity index (χ4n) is 1.46. The molecule has 0 aliphatic rings. The molecule has 0 atom stereocenters. The van der Waals surface area contributed by atoms with Crippen molar-refractivity contribution in [1.29, 1.82) is 0 Å². The van der Waals surface area contributed by atoms with Gasteiger partial charge in [-0.1, -0.05) is 12.1 Å². The Morgan fingerprint density at radius 1 is 1.40 bits per heavy atom. The third kappa shape index (κ3) is 2.13. The molecule has 80 valence electrons. The van der Waals surface area contributed by atoms with Crippen LogP contribution < -0.4 is 5.73 Å². The van der Waals surface area contributed by atoms with Crippen molar-refractivity contribution in [3.8, 4) is 0 Å². The second-order valence-corrected chi connectivity index (χ2v) is 3.84. The molecule has 0 aliphatic heterocycles. The summed E-state index contributed by atoms with van der Waals surface area (Å²) in [5.41, 5.74) is 7.21. The van der Waals surface area contributed by atoms with Gasteiger partial charge >= 0.3 is 0 Å². The quantitative estimate of drug-likeness (QED) is 0.784. The number of para-hydroxylation sites is 1. The minimum atomic E-state index is 0.204. The summed E-state index contributed by atoms with van der Waals surface area (Å²) in [6, 6.07) is 7.70. The number of fused-ring (bicyclic) bond motifs is 1. The Bertz CT molecular complexity index is 460. The average Bonchev–Trinajstić information content (AvgIpc) is 2.59. The van der Waals surface area contributed by atoms with E-state index in [0.717, 1.165) is 16.7 Å². The number of anilines is 1. The molecule has 0 amide bonds. The van der Waals surface area contributed by atoms with Gasteiger partial charge < -0.3 is 14.9 Å². The number of hydrogen-bond acceptors (Lipinski definition) is 3.